The highest BCUT2D eigenvalue weighted by atomic mass is 16.1. The smallest absolute Gasteiger partial charge is 0.258 e. The Bertz CT molecular complexity index is 654. The zero-order valence-corrected chi connectivity index (χ0v) is 12.0. The first-order valence-electron chi connectivity index (χ1n) is 7.45. The van der Waals surface area contributed by atoms with Gasteiger partial charge in [-0.15, -0.1) is 0 Å². The third-order valence-electron chi connectivity index (χ3n) is 4.02. The fraction of sp³-hybridized carbons (Fsp3) is 0.500. The van der Waals surface area contributed by atoms with Crippen molar-refractivity contribution in [2.45, 2.75) is 39.2 Å². The highest BCUT2D eigenvalue weighted by Crippen LogP contribution is 2.12. The van der Waals surface area contributed by atoms with Crippen molar-refractivity contribution in [3.63, 3.8) is 0 Å². The van der Waals surface area contributed by atoms with E-state index in [4.69, 9.17) is 0 Å². The Labute approximate surface area is 119 Å². The molecule has 0 spiro atoms. The van der Waals surface area contributed by atoms with E-state index in [-0.39, 0.29) is 5.56 Å². The van der Waals surface area contributed by atoms with E-state index in [1.54, 1.807) is 10.5 Å². The van der Waals surface area contributed by atoms with E-state index in [0.717, 1.165) is 36.7 Å². The second-order valence-electron chi connectivity index (χ2n) is 5.64. The molecule has 0 amide bonds. The van der Waals surface area contributed by atoms with Crippen LogP contribution < -0.4 is 5.56 Å². The maximum absolute atomic E-state index is 12.2. The average molecular weight is 271 g/mol. The summed E-state index contributed by atoms with van der Waals surface area (Å²) in [5.41, 5.74) is 2.60. The molecule has 0 saturated carbocycles. The summed E-state index contributed by atoms with van der Waals surface area (Å²) >= 11 is 0. The van der Waals surface area contributed by atoms with Crippen LogP contribution in [-0.2, 0) is 6.54 Å². The lowest BCUT2D eigenvalue weighted by Gasteiger charge is -2.19. The van der Waals surface area contributed by atoms with Gasteiger partial charge in [-0.05, 0) is 45.0 Å². The maximum Gasteiger partial charge on any atom is 0.258 e. The first kappa shape index (κ1) is 13.3. The molecule has 3 heterocycles. The van der Waals surface area contributed by atoms with Gasteiger partial charge in [-0.1, -0.05) is 18.9 Å². The van der Waals surface area contributed by atoms with Gasteiger partial charge in [0.25, 0.3) is 5.56 Å². The zero-order valence-electron chi connectivity index (χ0n) is 12.0. The van der Waals surface area contributed by atoms with Crippen molar-refractivity contribution in [1.29, 1.82) is 0 Å². The second-order valence-corrected chi connectivity index (χ2v) is 5.64. The number of pyridine rings is 1. The standard InChI is InChI=1S/C16H21N3O/c1-13-7-6-8-15-17-14(11-16(20)19(13)15)12-18-9-4-2-3-5-10-18/h6-8,11H,2-5,9-10,12H2,1H3. The van der Waals surface area contributed by atoms with Gasteiger partial charge in [-0.3, -0.25) is 14.1 Å². The number of likely N-dealkylation sites (tertiary alicyclic amines) is 1. The Kier molecular flexibility index (Phi) is 3.83. The van der Waals surface area contributed by atoms with Gasteiger partial charge in [0, 0.05) is 18.3 Å². The van der Waals surface area contributed by atoms with Gasteiger partial charge < -0.3 is 0 Å². The minimum atomic E-state index is 0.0259. The molecule has 1 saturated heterocycles. The lowest BCUT2D eigenvalue weighted by atomic mass is 10.2. The minimum Gasteiger partial charge on any atom is -0.298 e. The predicted molar refractivity (Wildman–Crippen MR) is 79.9 cm³/mol. The van der Waals surface area contributed by atoms with E-state index in [2.05, 4.69) is 9.88 Å². The van der Waals surface area contributed by atoms with Gasteiger partial charge in [-0.25, -0.2) is 4.98 Å². The topological polar surface area (TPSA) is 37.6 Å². The van der Waals surface area contributed by atoms with Crippen LogP contribution in [-0.4, -0.2) is 27.4 Å². The van der Waals surface area contributed by atoms with Crippen LogP contribution in [0.2, 0.25) is 0 Å². The van der Waals surface area contributed by atoms with E-state index in [1.807, 2.05) is 25.1 Å². The Morgan fingerprint density at radius 1 is 1.15 bits per heavy atom. The lowest BCUT2D eigenvalue weighted by Crippen LogP contribution is -2.26. The van der Waals surface area contributed by atoms with Gasteiger partial charge in [0.15, 0.2) is 0 Å². The summed E-state index contributed by atoms with van der Waals surface area (Å²) in [6.07, 6.45) is 5.16. The molecular weight excluding hydrogens is 250 g/mol. The van der Waals surface area contributed by atoms with Crippen LogP contribution >= 0.6 is 0 Å². The maximum atomic E-state index is 12.2. The Balaban J connectivity index is 1.90. The number of hydrogen-bond donors (Lipinski definition) is 0. The fourth-order valence-electron chi connectivity index (χ4n) is 2.97. The molecule has 0 bridgehead atoms. The molecule has 0 unspecified atom stereocenters. The highest BCUT2D eigenvalue weighted by Gasteiger charge is 2.11. The number of fused-ring (bicyclic) bond motifs is 1. The van der Waals surface area contributed by atoms with E-state index >= 15 is 0 Å². The van der Waals surface area contributed by atoms with Crippen LogP contribution in [0, 0.1) is 6.92 Å². The Morgan fingerprint density at radius 2 is 1.90 bits per heavy atom. The molecule has 1 fully saturated rings. The summed E-state index contributed by atoms with van der Waals surface area (Å²) in [7, 11) is 0. The Hall–Kier alpha value is -1.68. The van der Waals surface area contributed by atoms with Crippen molar-refractivity contribution < 1.29 is 0 Å². The number of hydrogen-bond acceptors (Lipinski definition) is 3. The second kappa shape index (κ2) is 5.75. The van der Waals surface area contributed by atoms with Crippen LogP contribution in [0.3, 0.4) is 0 Å². The predicted octanol–water partition coefficient (Wildman–Crippen LogP) is 2.38. The zero-order chi connectivity index (χ0) is 13.9. The number of aromatic nitrogens is 2. The third-order valence-corrected chi connectivity index (χ3v) is 4.02. The molecule has 20 heavy (non-hydrogen) atoms. The first-order chi connectivity index (χ1) is 9.74. The van der Waals surface area contributed by atoms with Gasteiger partial charge in [0.2, 0.25) is 0 Å². The SMILES string of the molecule is Cc1cccc2nc(CN3CCCCCC3)cc(=O)n12. The van der Waals surface area contributed by atoms with Gasteiger partial charge in [0.1, 0.15) is 5.65 Å². The van der Waals surface area contributed by atoms with Crippen molar-refractivity contribution in [3.05, 3.63) is 46.0 Å². The molecular formula is C16H21N3O. The largest absolute Gasteiger partial charge is 0.298 e. The minimum absolute atomic E-state index is 0.0259. The fourth-order valence-corrected chi connectivity index (χ4v) is 2.97. The summed E-state index contributed by atoms with van der Waals surface area (Å²) < 4.78 is 1.67. The normalized spacial score (nSPS) is 17.2. The van der Waals surface area contributed by atoms with Crippen LogP contribution in [0.15, 0.2) is 29.1 Å². The van der Waals surface area contributed by atoms with Gasteiger partial charge in [0.05, 0.1) is 5.69 Å². The molecule has 0 atom stereocenters. The van der Waals surface area contributed by atoms with Crippen molar-refractivity contribution in [2.24, 2.45) is 0 Å². The summed E-state index contributed by atoms with van der Waals surface area (Å²) in [5, 5.41) is 0. The summed E-state index contributed by atoms with van der Waals surface area (Å²) in [4.78, 5) is 19.3. The van der Waals surface area contributed by atoms with Crippen molar-refractivity contribution in [2.75, 3.05) is 13.1 Å². The monoisotopic (exact) mass is 271 g/mol. The van der Waals surface area contributed by atoms with Crippen molar-refractivity contribution in [3.8, 4) is 0 Å². The number of nitrogens with zero attached hydrogens (tertiary/aromatic N) is 3. The molecule has 0 N–H and O–H groups in total. The van der Waals surface area contributed by atoms with E-state index < -0.39 is 0 Å². The van der Waals surface area contributed by atoms with E-state index in [9.17, 15) is 4.79 Å². The molecule has 106 valence electrons. The van der Waals surface area contributed by atoms with E-state index in [0.29, 0.717) is 0 Å². The molecule has 1 aliphatic rings. The average Bonchev–Trinajstić information content (AvgIpc) is 2.67. The van der Waals surface area contributed by atoms with Gasteiger partial charge in [-0.2, -0.15) is 0 Å². The van der Waals surface area contributed by atoms with Crippen LogP contribution in [0.1, 0.15) is 37.1 Å². The molecule has 4 nitrogen and oxygen atoms in total. The van der Waals surface area contributed by atoms with Crippen molar-refractivity contribution in [1.82, 2.24) is 14.3 Å². The van der Waals surface area contributed by atoms with Crippen LogP contribution in [0.5, 0.6) is 0 Å². The van der Waals surface area contributed by atoms with Crippen LogP contribution in [0.4, 0.5) is 0 Å². The molecule has 1 aliphatic heterocycles. The molecule has 0 aliphatic carbocycles. The van der Waals surface area contributed by atoms with Crippen LogP contribution in [0.25, 0.3) is 5.65 Å². The molecule has 4 heteroatoms. The molecule has 2 aromatic heterocycles. The highest BCUT2D eigenvalue weighted by molar-refractivity contribution is 5.40. The Morgan fingerprint density at radius 3 is 2.65 bits per heavy atom. The first-order valence-corrected chi connectivity index (χ1v) is 7.45. The summed E-state index contributed by atoms with van der Waals surface area (Å²) in [5.74, 6) is 0. The quantitative estimate of drug-likeness (QED) is 0.841. The summed E-state index contributed by atoms with van der Waals surface area (Å²) in [6.45, 7) is 4.97. The van der Waals surface area contributed by atoms with E-state index in [1.165, 1.54) is 25.7 Å². The summed E-state index contributed by atoms with van der Waals surface area (Å²) in [6, 6.07) is 7.47. The molecule has 0 radical (unpaired) electrons. The molecule has 3 rings (SSSR count). The van der Waals surface area contributed by atoms with Crippen molar-refractivity contribution >= 4 is 5.65 Å². The number of aryl methyl sites for hydroxylation is 1. The van der Waals surface area contributed by atoms with Gasteiger partial charge >= 0.3 is 0 Å². The number of rotatable bonds is 2. The lowest BCUT2D eigenvalue weighted by molar-refractivity contribution is 0.273. The molecule has 0 aromatic carbocycles. The third kappa shape index (κ3) is 2.75. The molecule has 2 aromatic rings.